The first kappa shape index (κ1) is 10.6. The molecule has 0 aromatic carbocycles. The van der Waals surface area contributed by atoms with Gasteiger partial charge in [0.15, 0.2) is 5.96 Å². The molecule has 0 spiro atoms. The van der Waals surface area contributed by atoms with Gasteiger partial charge >= 0.3 is 0 Å². The molecule has 0 saturated heterocycles. The molecule has 3 nitrogen and oxygen atoms in total. The maximum atomic E-state index is 12.2. The summed E-state index contributed by atoms with van der Waals surface area (Å²) in [6, 6.07) is 0.149. The predicted molar refractivity (Wildman–Crippen MR) is 54.9 cm³/mol. The lowest BCUT2D eigenvalue weighted by atomic mass is 10.2. The molecule has 3 N–H and O–H groups in total. The van der Waals surface area contributed by atoms with Crippen molar-refractivity contribution in [2.24, 2.45) is 16.6 Å². The molecule has 0 heterocycles. The number of guanidine groups is 1. The molecule has 2 saturated carbocycles. The zero-order valence-corrected chi connectivity index (χ0v) is 8.63. The van der Waals surface area contributed by atoms with Crippen molar-refractivity contribution in [3.63, 3.8) is 0 Å². The molecule has 15 heavy (non-hydrogen) atoms. The molecule has 5 heteroatoms. The van der Waals surface area contributed by atoms with E-state index >= 15 is 0 Å². The Morgan fingerprint density at radius 1 is 1.33 bits per heavy atom. The summed E-state index contributed by atoms with van der Waals surface area (Å²) in [6.07, 6.45) is 2.88. The zero-order chi connectivity index (χ0) is 10.8. The first-order valence-electron chi connectivity index (χ1n) is 5.55. The third-order valence-electron chi connectivity index (χ3n) is 3.14. The maximum absolute atomic E-state index is 12.2. The number of hydrogen-bond acceptors (Lipinski definition) is 1. The van der Waals surface area contributed by atoms with Gasteiger partial charge in [-0.3, -0.25) is 0 Å². The molecule has 2 aliphatic carbocycles. The number of nitrogens with zero attached hydrogens (tertiary/aromatic N) is 1. The Balaban J connectivity index is 1.76. The van der Waals surface area contributed by atoms with E-state index in [9.17, 15) is 8.78 Å². The molecule has 2 atom stereocenters. The van der Waals surface area contributed by atoms with Crippen LogP contribution in [-0.2, 0) is 0 Å². The SMILES string of the molecule is NC(=N[C@H]1C[C@@H]1C(F)F)NC1CCCC1. The van der Waals surface area contributed by atoms with Gasteiger partial charge in [-0.2, -0.15) is 0 Å². The number of hydrogen-bond donors (Lipinski definition) is 2. The number of halogens is 2. The lowest BCUT2D eigenvalue weighted by molar-refractivity contribution is 0.121. The van der Waals surface area contributed by atoms with Crippen LogP contribution in [0.5, 0.6) is 0 Å². The first-order chi connectivity index (χ1) is 7.16. The topological polar surface area (TPSA) is 50.4 Å². The summed E-state index contributed by atoms with van der Waals surface area (Å²) >= 11 is 0. The summed E-state index contributed by atoms with van der Waals surface area (Å²) in [5.41, 5.74) is 5.65. The highest BCUT2D eigenvalue weighted by molar-refractivity contribution is 5.78. The molecular weight excluding hydrogens is 200 g/mol. The molecule has 2 fully saturated rings. The third-order valence-corrected chi connectivity index (χ3v) is 3.14. The second kappa shape index (κ2) is 4.33. The van der Waals surface area contributed by atoms with Gasteiger partial charge in [-0.05, 0) is 19.3 Å². The second-order valence-corrected chi connectivity index (χ2v) is 4.44. The Morgan fingerprint density at radius 2 is 2.00 bits per heavy atom. The van der Waals surface area contributed by atoms with Crippen LogP contribution in [0.15, 0.2) is 4.99 Å². The van der Waals surface area contributed by atoms with Gasteiger partial charge in [-0.15, -0.1) is 0 Å². The molecule has 0 bridgehead atoms. The van der Waals surface area contributed by atoms with E-state index in [1.165, 1.54) is 12.8 Å². The average molecular weight is 217 g/mol. The summed E-state index contributed by atoms with van der Waals surface area (Å²) in [6.45, 7) is 0. The standard InChI is InChI=1S/C10H17F2N3/c11-9(12)7-5-8(7)15-10(13)14-6-3-1-2-4-6/h6-9H,1-5H2,(H3,13,14,15)/t7-,8-/m0/s1. The predicted octanol–water partition coefficient (Wildman–Crippen LogP) is 1.49. The average Bonchev–Trinajstić information content (AvgIpc) is 2.73. The largest absolute Gasteiger partial charge is 0.370 e. The third kappa shape index (κ3) is 2.79. The van der Waals surface area contributed by atoms with Crippen LogP contribution in [-0.4, -0.2) is 24.5 Å². The number of nitrogens with two attached hydrogens (primary N) is 1. The van der Waals surface area contributed by atoms with E-state index in [0.29, 0.717) is 18.4 Å². The summed E-state index contributed by atoms with van der Waals surface area (Å²) in [4.78, 5) is 4.06. The van der Waals surface area contributed by atoms with Crippen molar-refractivity contribution >= 4 is 5.96 Å². The van der Waals surface area contributed by atoms with Crippen LogP contribution in [0.3, 0.4) is 0 Å². The normalized spacial score (nSPS) is 32.3. The minimum Gasteiger partial charge on any atom is -0.370 e. The van der Waals surface area contributed by atoms with Crippen LogP contribution in [0.2, 0.25) is 0 Å². The number of alkyl halides is 2. The molecule has 2 aliphatic rings. The first-order valence-corrected chi connectivity index (χ1v) is 5.55. The summed E-state index contributed by atoms with van der Waals surface area (Å²) < 4.78 is 24.4. The van der Waals surface area contributed by atoms with Crippen LogP contribution in [0.1, 0.15) is 32.1 Å². The highest BCUT2D eigenvalue weighted by Crippen LogP contribution is 2.38. The minimum atomic E-state index is -2.25. The van der Waals surface area contributed by atoms with Gasteiger partial charge in [-0.1, -0.05) is 12.8 Å². The van der Waals surface area contributed by atoms with E-state index < -0.39 is 12.3 Å². The van der Waals surface area contributed by atoms with Gasteiger partial charge < -0.3 is 11.1 Å². The monoisotopic (exact) mass is 217 g/mol. The number of aliphatic imine (C=N–C) groups is 1. The van der Waals surface area contributed by atoms with Gasteiger partial charge in [-0.25, -0.2) is 13.8 Å². The Kier molecular flexibility index (Phi) is 3.07. The Hall–Kier alpha value is -0.870. The van der Waals surface area contributed by atoms with Crippen molar-refractivity contribution in [3.8, 4) is 0 Å². The highest BCUT2D eigenvalue weighted by Gasteiger charge is 2.44. The van der Waals surface area contributed by atoms with Gasteiger partial charge in [0, 0.05) is 12.0 Å². The number of rotatable bonds is 3. The van der Waals surface area contributed by atoms with E-state index in [2.05, 4.69) is 10.3 Å². The fourth-order valence-electron chi connectivity index (χ4n) is 2.11. The molecule has 0 amide bonds. The molecule has 0 aliphatic heterocycles. The van der Waals surface area contributed by atoms with E-state index in [0.717, 1.165) is 12.8 Å². The molecule has 0 radical (unpaired) electrons. The van der Waals surface area contributed by atoms with Crippen molar-refractivity contribution in [1.29, 1.82) is 0 Å². The Bertz CT molecular complexity index is 249. The van der Waals surface area contributed by atoms with E-state index in [1.807, 2.05) is 0 Å². The molecule has 2 rings (SSSR count). The summed E-state index contributed by atoms with van der Waals surface area (Å²) in [5.74, 6) is -0.219. The molecular formula is C10H17F2N3. The zero-order valence-electron chi connectivity index (χ0n) is 8.63. The smallest absolute Gasteiger partial charge is 0.243 e. The van der Waals surface area contributed by atoms with Gasteiger partial charge in [0.05, 0.1) is 6.04 Å². The Labute approximate surface area is 88.1 Å². The van der Waals surface area contributed by atoms with Gasteiger partial charge in [0.25, 0.3) is 0 Å². The van der Waals surface area contributed by atoms with E-state index in [4.69, 9.17) is 5.73 Å². The van der Waals surface area contributed by atoms with Crippen molar-refractivity contribution in [2.75, 3.05) is 0 Å². The van der Waals surface area contributed by atoms with Crippen LogP contribution in [0.25, 0.3) is 0 Å². The minimum absolute atomic E-state index is 0.251. The summed E-state index contributed by atoms with van der Waals surface area (Å²) in [5, 5.41) is 3.09. The fraction of sp³-hybridized carbons (Fsp3) is 0.900. The van der Waals surface area contributed by atoms with Gasteiger partial charge in [0.2, 0.25) is 6.43 Å². The number of nitrogens with one attached hydrogen (secondary N) is 1. The van der Waals surface area contributed by atoms with Crippen molar-refractivity contribution in [1.82, 2.24) is 5.32 Å². The maximum Gasteiger partial charge on any atom is 0.243 e. The van der Waals surface area contributed by atoms with Gasteiger partial charge in [0.1, 0.15) is 0 Å². The van der Waals surface area contributed by atoms with Crippen molar-refractivity contribution in [3.05, 3.63) is 0 Å². The fourth-order valence-corrected chi connectivity index (χ4v) is 2.11. The highest BCUT2D eigenvalue weighted by atomic mass is 19.3. The van der Waals surface area contributed by atoms with Crippen molar-refractivity contribution < 1.29 is 8.78 Å². The van der Waals surface area contributed by atoms with Crippen LogP contribution in [0.4, 0.5) is 8.78 Å². The van der Waals surface area contributed by atoms with Crippen LogP contribution < -0.4 is 11.1 Å². The lowest BCUT2D eigenvalue weighted by Crippen LogP contribution is -2.38. The Morgan fingerprint density at radius 3 is 2.53 bits per heavy atom. The van der Waals surface area contributed by atoms with E-state index in [1.54, 1.807) is 0 Å². The lowest BCUT2D eigenvalue weighted by Gasteiger charge is -2.12. The molecule has 86 valence electrons. The summed E-state index contributed by atoms with van der Waals surface area (Å²) in [7, 11) is 0. The molecule has 0 aromatic heterocycles. The van der Waals surface area contributed by atoms with Crippen LogP contribution in [0, 0.1) is 5.92 Å². The molecule has 0 aromatic rings. The molecule has 0 unspecified atom stereocenters. The quantitative estimate of drug-likeness (QED) is 0.556. The van der Waals surface area contributed by atoms with E-state index in [-0.39, 0.29) is 6.04 Å². The van der Waals surface area contributed by atoms with Crippen molar-refractivity contribution in [2.45, 2.75) is 50.6 Å². The van der Waals surface area contributed by atoms with Crippen LogP contribution >= 0.6 is 0 Å². The second-order valence-electron chi connectivity index (χ2n) is 4.44.